The van der Waals surface area contributed by atoms with Gasteiger partial charge in [-0.15, -0.1) is 0 Å². The van der Waals surface area contributed by atoms with Crippen LogP contribution in [0.25, 0.3) is 0 Å². The lowest BCUT2D eigenvalue weighted by atomic mass is 10.2. The molecule has 2 N–H and O–H groups in total. The average Bonchev–Trinajstić information content (AvgIpc) is 2.63. The minimum absolute atomic E-state index is 0.204. The smallest absolute Gasteiger partial charge is 0.191 e. The Labute approximate surface area is 143 Å². The zero-order valence-corrected chi connectivity index (χ0v) is 14.3. The van der Waals surface area contributed by atoms with Crippen molar-refractivity contribution in [3.63, 3.8) is 0 Å². The number of nitrogens with one attached hydrogen (secondary N) is 2. The van der Waals surface area contributed by atoms with Gasteiger partial charge in [-0.2, -0.15) is 0 Å². The zero-order chi connectivity index (χ0) is 17.2. The van der Waals surface area contributed by atoms with E-state index in [4.69, 9.17) is 0 Å². The lowest BCUT2D eigenvalue weighted by molar-refractivity contribution is 0.604. The van der Waals surface area contributed by atoms with Crippen LogP contribution in [0.2, 0.25) is 0 Å². The molecule has 2 aromatic rings. The van der Waals surface area contributed by atoms with Gasteiger partial charge in [0.25, 0.3) is 0 Å². The maximum Gasteiger partial charge on any atom is 0.191 e. The Morgan fingerprint density at radius 2 is 1.75 bits per heavy atom. The summed E-state index contributed by atoms with van der Waals surface area (Å²) in [5, 5.41) is 6.39. The molecule has 2 aromatic carbocycles. The molecule has 24 heavy (non-hydrogen) atoms. The van der Waals surface area contributed by atoms with Crippen molar-refractivity contribution in [2.75, 3.05) is 32.1 Å². The average molecular weight is 328 g/mol. The van der Waals surface area contributed by atoms with Crippen molar-refractivity contribution in [2.24, 2.45) is 4.99 Å². The van der Waals surface area contributed by atoms with Gasteiger partial charge in [0, 0.05) is 45.0 Å². The molecule has 0 unspecified atom stereocenters. The van der Waals surface area contributed by atoms with Crippen molar-refractivity contribution in [3.05, 3.63) is 66.0 Å². The molecule has 0 spiro atoms. The SMILES string of the molecule is CN=C(NCCCN(C)c1ccccc1)NCc1ccccc1F. The number of halogens is 1. The quantitative estimate of drug-likeness (QED) is 0.466. The van der Waals surface area contributed by atoms with Crippen LogP contribution in [0.1, 0.15) is 12.0 Å². The second-order valence-corrected chi connectivity index (χ2v) is 5.55. The van der Waals surface area contributed by atoms with Crippen LogP contribution >= 0.6 is 0 Å². The summed E-state index contributed by atoms with van der Waals surface area (Å²) < 4.78 is 13.6. The van der Waals surface area contributed by atoms with E-state index in [1.807, 2.05) is 24.3 Å². The number of hydrogen-bond acceptors (Lipinski definition) is 2. The first kappa shape index (κ1) is 17.8. The molecular weight excluding hydrogens is 303 g/mol. The van der Waals surface area contributed by atoms with Crippen LogP contribution in [-0.4, -0.2) is 33.1 Å². The first-order valence-corrected chi connectivity index (χ1v) is 8.15. The Balaban J connectivity index is 1.69. The van der Waals surface area contributed by atoms with E-state index in [0.29, 0.717) is 18.1 Å². The van der Waals surface area contributed by atoms with Crippen LogP contribution in [-0.2, 0) is 6.54 Å². The molecule has 0 aliphatic heterocycles. The second kappa shape index (κ2) is 9.55. The van der Waals surface area contributed by atoms with Crippen LogP contribution < -0.4 is 15.5 Å². The maximum atomic E-state index is 13.6. The Hall–Kier alpha value is -2.56. The summed E-state index contributed by atoms with van der Waals surface area (Å²) in [6, 6.07) is 17.0. The lowest BCUT2D eigenvalue weighted by Crippen LogP contribution is -2.38. The van der Waals surface area contributed by atoms with E-state index < -0.39 is 0 Å². The van der Waals surface area contributed by atoms with Crippen molar-refractivity contribution in [3.8, 4) is 0 Å². The highest BCUT2D eigenvalue weighted by molar-refractivity contribution is 5.79. The molecule has 0 saturated carbocycles. The molecule has 0 atom stereocenters. The molecule has 0 radical (unpaired) electrons. The second-order valence-electron chi connectivity index (χ2n) is 5.55. The highest BCUT2D eigenvalue weighted by Crippen LogP contribution is 2.10. The van der Waals surface area contributed by atoms with Gasteiger partial charge in [0.2, 0.25) is 0 Å². The molecule has 0 aliphatic rings. The van der Waals surface area contributed by atoms with Crippen LogP contribution in [0.3, 0.4) is 0 Å². The highest BCUT2D eigenvalue weighted by Gasteiger charge is 2.03. The van der Waals surface area contributed by atoms with E-state index in [0.717, 1.165) is 19.5 Å². The van der Waals surface area contributed by atoms with Gasteiger partial charge in [-0.1, -0.05) is 36.4 Å². The Morgan fingerprint density at radius 3 is 2.46 bits per heavy atom. The molecule has 128 valence electrons. The topological polar surface area (TPSA) is 39.7 Å². The van der Waals surface area contributed by atoms with E-state index >= 15 is 0 Å². The number of anilines is 1. The summed E-state index contributed by atoms with van der Waals surface area (Å²) in [6.07, 6.45) is 0.978. The van der Waals surface area contributed by atoms with Gasteiger partial charge in [-0.25, -0.2) is 4.39 Å². The summed E-state index contributed by atoms with van der Waals surface area (Å²) in [4.78, 5) is 6.39. The third-order valence-electron chi connectivity index (χ3n) is 3.79. The van der Waals surface area contributed by atoms with Gasteiger partial charge in [-0.3, -0.25) is 4.99 Å². The molecule has 0 bridgehead atoms. The van der Waals surface area contributed by atoms with Crippen molar-refractivity contribution in [1.29, 1.82) is 0 Å². The van der Waals surface area contributed by atoms with Crippen LogP contribution in [0.5, 0.6) is 0 Å². The van der Waals surface area contributed by atoms with Gasteiger partial charge < -0.3 is 15.5 Å². The Kier molecular flexibility index (Phi) is 7.08. The number of rotatable bonds is 7. The number of guanidine groups is 1. The van der Waals surface area contributed by atoms with Crippen molar-refractivity contribution in [1.82, 2.24) is 10.6 Å². The molecule has 0 fully saturated rings. The fraction of sp³-hybridized carbons (Fsp3) is 0.316. The van der Waals surface area contributed by atoms with Crippen LogP contribution in [0.15, 0.2) is 59.6 Å². The highest BCUT2D eigenvalue weighted by atomic mass is 19.1. The summed E-state index contributed by atoms with van der Waals surface area (Å²) in [6.45, 7) is 2.16. The van der Waals surface area contributed by atoms with Crippen LogP contribution in [0, 0.1) is 5.82 Å². The maximum absolute atomic E-state index is 13.6. The summed E-state index contributed by atoms with van der Waals surface area (Å²) >= 11 is 0. The summed E-state index contributed by atoms with van der Waals surface area (Å²) in [7, 11) is 3.80. The molecule has 0 aromatic heterocycles. The fourth-order valence-electron chi connectivity index (χ4n) is 2.38. The molecule has 0 amide bonds. The molecule has 4 nitrogen and oxygen atoms in total. The largest absolute Gasteiger partial charge is 0.375 e. The number of nitrogens with zero attached hydrogens (tertiary/aromatic N) is 2. The Morgan fingerprint density at radius 1 is 1.04 bits per heavy atom. The molecule has 0 aliphatic carbocycles. The molecule has 5 heteroatoms. The minimum atomic E-state index is -0.204. The predicted molar refractivity (Wildman–Crippen MR) is 98.9 cm³/mol. The van der Waals surface area contributed by atoms with E-state index in [1.54, 1.807) is 19.2 Å². The number of benzene rings is 2. The standard InChI is InChI=1S/C19H25FN4/c1-21-19(23-15-16-9-6-7-12-18(16)20)22-13-8-14-24(2)17-10-4-3-5-11-17/h3-7,9-12H,8,13-15H2,1-2H3,(H2,21,22,23). The Bertz CT molecular complexity index is 643. The van der Waals surface area contributed by atoms with Crippen molar-refractivity contribution in [2.45, 2.75) is 13.0 Å². The molecule has 2 rings (SSSR count). The predicted octanol–water partition coefficient (Wildman–Crippen LogP) is 3.02. The summed E-state index contributed by atoms with van der Waals surface area (Å²) in [5.41, 5.74) is 1.84. The summed E-state index contributed by atoms with van der Waals surface area (Å²) in [5.74, 6) is 0.477. The van der Waals surface area contributed by atoms with Crippen LogP contribution in [0.4, 0.5) is 10.1 Å². The number of aliphatic imine (C=N–C) groups is 1. The van der Waals surface area contributed by atoms with E-state index in [2.05, 4.69) is 39.7 Å². The first-order chi connectivity index (χ1) is 11.7. The lowest BCUT2D eigenvalue weighted by Gasteiger charge is -2.19. The van der Waals surface area contributed by atoms with Gasteiger partial charge in [0.1, 0.15) is 5.82 Å². The van der Waals surface area contributed by atoms with Gasteiger partial charge >= 0.3 is 0 Å². The van der Waals surface area contributed by atoms with E-state index in [1.165, 1.54) is 11.8 Å². The fourth-order valence-corrected chi connectivity index (χ4v) is 2.38. The first-order valence-electron chi connectivity index (χ1n) is 8.15. The van der Waals surface area contributed by atoms with Gasteiger partial charge in [0.05, 0.1) is 0 Å². The third-order valence-corrected chi connectivity index (χ3v) is 3.79. The molecule has 0 saturated heterocycles. The minimum Gasteiger partial charge on any atom is -0.375 e. The van der Waals surface area contributed by atoms with Crippen molar-refractivity contribution < 1.29 is 4.39 Å². The molecule has 0 heterocycles. The number of para-hydroxylation sites is 1. The normalized spacial score (nSPS) is 11.2. The number of hydrogen-bond donors (Lipinski definition) is 2. The zero-order valence-electron chi connectivity index (χ0n) is 14.3. The van der Waals surface area contributed by atoms with Crippen molar-refractivity contribution >= 4 is 11.6 Å². The third kappa shape index (κ3) is 5.57. The van der Waals surface area contributed by atoms with E-state index in [-0.39, 0.29) is 5.82 Å². The monoisotopic (exact) mass is 328 g/mol. The van der Waals surface area contributed by atoms with E-state index in [9.17, 15) is 4.39 Å². The van der Waals surface area contributed by atoms with Gasteiger partial charge in [0.15, 0.2) is 5.96 Å². The molecular formula is C19H25FN4. The van der Waals surface area contributed by atoms with Gasteiger partial charge in [-0.05, 0) is 24.6 Å².